The molecule has 8 nitrogen and oxygen atoms in total. The first-order valence-electron chi connectivity index (χ1n) is 11.6. The van der Waals surface area contributed by atoms with E-state index in [9.17, 15) is 18.0 Å². The highest BCUT2D eigenvalue weighted by atomic mass is 32.2. The van der Waals surface area contributed by atoms with Crippen molar-refractivity contribution in [3.05, 3.63) is 48.0 Å². The molecule has 2 aromatic rings. The van der Waals surface area contributed by atoms with Crippen LogP contribution in [0.15, 0.2) is 47.4 Å². The van der Waals surface area contributed by atoms with Gasteiger partial charge in [-0.15, -0.1) is 0 Å². The molecule has 0 bridgehead atoms. The Labute approximate surface area is 200 Å². The van der Waals surface area contributed by atoms with E-state index >= 15 is 0 Å². The predicted molar refractivity (Wildman–Crippen MR) is 131 cm³/mol. The Bertz CT molecular complexity index is 1160. The van der Waals surface area contributed by atoms with E-state index in [1.165, 1.54) is 38.2 Å². The molecular weight excluding hydrogens is 454 g/mol. The van der Waals surface area contributed by atoms with Gasteiger partial charge in [-0.1, -0.05) is 19.1 Å². The lowest BCUT2D eigenvalue weighted by Crippen LogP contribution is -2.32. The van der Waals surface area contributed by atoms with E-state index < -0.39 is 16.1 Å². The molecule has 2 aromatic carbocycles. The zero-order valence-electron chi connectivity index (χ0n) is 19.8. The number of rotatable bonds is 7. The van der Waals surface area contributed by atoms with Crippen LogP contribution < -0.4 is 19.3 Å². The monoisotopic (exact) mass is 485 g/mol. The first kappa shape index (κ1) is 24.2. The quantitative estimate of drug-likeness (QED) is 0.602. The number of hydrogen-bond donors (Lipinski definition) is 1. The summed E-state index contributed by atoms with van der Waals surface area (Å²) in [5, 5.41) is 0. The molecule has 182 valence electrons. The van der Waals surface area contributed by atoms with E-state index in [1.54, 1.807) is 6.92 Å². The fourth-order valence-electron chi connectivity index (χ4n) is 4.47. The zero-order chi connectivity index (χ0) is 24.5. The van der Waals surface area contributed by atoms with Gasteiger partial charge in [0, 0.05) is 37.7 Å². The standard InChI is InChI=1S/C25H31N3O5S/c1-17-12-14-27(15-13-17)20-6-4-19(5-7-20)18(2)26-34(31,32)21-8-9-23(33-3)22(16-21)28-24(29)10-11-25(28)30/h4-9,16-18,26H,10-15H2,1-3H3/t18-/m1/s1. The van der Waals surface area contributed by atoms with Crippen LogP contribution >= 0.6 is 0 Å². The van der Waals surface area contributed by atoms with Crippen LogP contribution in [0.5, 0.6) is 5.75 Å². The molecule has 2 aliphatic heterocycles. The summed E-state index contributed by atoms with van der Waals surface area (Å²) in [6.07, 6.45) is 2.55. The van der Waals surface area contributed by atoms with Crippen LogP contribution in [0.4, 0.5) is 11.4 Å². The molecule has 0 saturated carbocycles. The number of amides is 2. The van der Waals surface area contributed by atoms with Gasteiger partial charge >= 0.3 is 0 Å². The zero-order valence-corrected chi connectivity index (χ0v) is 20.6. The molecule has 2 heterocycles. The molecule has 0 spiro atoms. The second-order valence-electron chi connectivity index (χ2n) is 9.06. The summed E-state index contributed by atoms with van der Waals surface area (Å²) in [6.45, 7) is 6.13. The minimum Gasteiger partial charge on any atom is -0.495 e. The molecule has 0 radical (unpaired) electrons. The van der Waals surface area contributed by atoms with Crippen LogP contribution in [-0.4, -0.2) is 40.4 Å². The summed E-state index contributed by atoms with van der Waals surface area (Å²) in [4.78, 5) is 27.8. The number of benzene rings is 2. The van der Waals surface area contributed by atoms with Crippen molar-refractivity contribution in [2.45, 2.75) is 50.5 Å². The minimum absolute atomic E-state index is 0.0401. The lowest BCUT2D eigenvalue weighted by Gasteiger charge is -2.32. The lowest BCUT2D eigenvalue weighted by atomic mass is 9.98. The van der Waals surface area contributed by atoms with Gasteiger partial charge in [0.2, 0.25) is 21.8 Å². The van der Waals surface area contributed by atoms with E-state index in [1.807, 2.05) is 24.3 Å². The maximum atomic E-state index is 13.1. The van der Waals surface area contributed by atoms with Gasteiger partial charge < -0.3 is 9.64 Å². The van der Waals surface area contributed by atoms with E-state index in [0.717, 1.165) is 35.2 Å². The summed E-state index contributed by atoms with van der Waals surface area (Å²) in [6, 6.07) is 11.7. The number of nitrogens with zero attached hydrogens (tertiary/aromatic N) is 2. The number of imide groups is 1. The number of carbonyl (C=O) groups is 2. The van der Waals surface area contributed by atoms with Gasteiger partial charge in [-0.3, -0.25) is 9.59 Å². The second kappa shape index (κ2) is 9.76. The third-order valence-electron chi connectivity index (χ3n) is 6.63. The number of methoxy groups -OCH3 is 1. The van der Waals surface area contributed by atoms with Crippen molar-refractivity contribution in [2.24, 2.45) is 5.92 Å². The van der Waals surface area contributed by atoms with Crippen LogP contribution in [-0.2, 0) is 19.6 Å². The Balaban J connectivity index is 1.52. The van der Waals surface area contributed by atoms with Gasteiger partial charge in [-0.2, -0.15) is 0 Å². The first-order chi connectivity index (χ1) is 16.2. The largest absolute Gasteiger partial charge is 0.495 e. The van der Waals surface area contributed by atoms with Crippen molar-refractivity contribution >= 4 is 33.2 Å². The SMILES string of the molecule is COc1ccc(S(=O)(=O)N[C@H](C)c2ccc(N3CCC(C)CC3)cc2)cc1N1C(=O)CCC1=O. The number of anilines is 2. The summed E-state index contributed by atoms with van der Waals surface area (Å²) in [5.74, 6) is 0.272. The van der Waals surface area contributed by atoms with E-state index in [-0.39, 0.29) is 41.0 Å². The molecule has 2 saturated heterocycles. The summed E-state index contributed by atoms with van der Waals surface area (Å²) < 4.78 is 34.3. The number of piperidine rings is 1. The fraction of sp³-hybridized carbons (Fsp3) is 0.440. The van der Waals surface area contributed by atoms with Gasteiger partial charge in [-0.25, -0.2) is 18.0 Å². The molecule has 0 aromatic heterocycles. The second-order valence-corrected chi connectivity index (χ2v) is 10.8. The van der Waals surface area contributed by atoms with E-state index in [2.05, 4.69) is 16.5 Å². The highest BCUT2D eigenvalue weighted by Crippen LogP contribution is 2.34. The highest BCUT2D eigenvalue weighted by molar-refractivity contribution is 7.89. The number of ether oxygens (including phenoxy) is 1. The van der Waals surface area contributed by atoms with E-state index in [4.69, 9.17) is 4.74 Å². The molecule has 1 atom stereocenters. The Kier molecular flexibility index (Phi) is 6.95. The Morgan fingerprint density at radius 3 is 2.21 bits per heavy atom. The van der Waals surface area contributed by atoms with Crippen molar-refractivity contribution in [2.75, 3.05) is 30.0 Å². The summed E-state index contributed by atoms with van der Waals surface area (Å²) in [5.41, 5.74) is 2.13. The van der Waals surface area contributed by atoms with E-state index in [0.29, 0.717) is 0 Å². The molecule has 0 aliphatic carbocycles. The smallest absolute Gasteiger partial charge is 0.241 e. The van der Waals surface area contributed by atoms with Gasteiger partial charge in [0.05, 0.1) is 17.7 Å². The Morgan fingerprint density at radius 1 is 1.00 bits per heavy atom. The molecule has 2 fully saturated rings. The lowest BCUT2D eigenvalue weighted by molar-refractivity contribution is -0.121. The van der Waals surface area contributed by atoms with Crippen LogP contribution in [0.3, 0.4) is 0 Å². The van der Waals surface area contributed by atoms with Gasteiger partial charge in [0.1, 0.15) is 5.75 Å². The number of nitrogens with one attached hydrogen (secondary N) is 1. The van der Waals surface area contributed by atoms with Crippen LogP contribution in [0.1, 0.15) is 51.1 Å². The molecule has 4 rings (SSSR count). The first-order valence-corrected chi connectivity index (χ1v) is 13.1. The van der Waals surface area contributed by atoms with Gasteiger partial charge in [0.25, 0.3) is 0 Å². The van der Waals surface area contributed by atoms with Crippen molar-refractivity contribution in [1.29, 1.82) is 0 Å². The van der Waals surface area contributed by atoms with Crippen molar-refractivity contribution in [1.82, 2.24) is 4.72 Å². The van der Waals surface area contributed by atoms with Gasteiger partial charge in [0.15, 0.2) is 0 Å². The maximum Gasteiger partial charge on any atom is 0.241 e. The number of carbonyl (C=O) groups excluding carboxylic acids is 2. The number of sulfonamides is 1. The summed E-state index contributed by atoms with van der Waals surface area (Å²) in [7, 11) is -2.51. The van der Waals surface area contributed by atoms with Crippen molar-refractivity contribution in [3.63, 3.8) is 0 Å². The number of hydrogen-bond acceptors (Lipinski definition) is 6. The topological polar surface area (TPSA) is 96.0 Å². The molecule has 9 heteroatoms. The average molecular weight is 486 g/mol. The van der Waals surface area contributed by atoms with Crippen LogP contribution in [0.2, 0.25) is 0 Å². The average Bonchev–Trinajstić information content (AvgIpc) is 3.16. The normalized spacial score (nSPS) is 18.4. The maximum absolute atomic E-state index is 13.1. The minimum atomic E-state index is -3.92. The molecule has 1 N–H and O–H groups in total. The van der Waals surface area contributed by atoms with Crippen molar-refractivity contribution in [3.8, 4) is 5.75 Å². The molecule has 34 heavy (non-hydrogen) atoms. The van der Waals surface area contributed by atoms with Gasteiger partial charge in [-0.05, 0) is 61.6 Å². The van der Waals surface area contributed by atoms with Crippen LogP contribution in [0, 0.1) is 5.92 Å². The molecule has 2 aliphatic rings. The van der Waals surface area contributed by atoms with Crippen LogP contribution in [0.25, 0.3) is 0 Å². The Morgan fingerprint density at radius 2 is 1.62 bits per heavy atom. The highest BCUT2D eigenvalue weighted by Gasteiger charge is 2.33. The summed E-state index contributed by atoms with van der Waals surface area (Å²) >= 11 is 0. The van der Waals surface area contributed by atoms with Crippen molar-refractivity contribution < 1.29 is 22.7 Å². The molecular formula is C25H31N3O5S. The third-order valence-corrected chi connectivity index (χ3v) is 8.17. The molecule has 2 amide bonds. The third kappa shape index (κ3) is 4.95. The molecule has 0 unspecified atom stereocenters. The fourth-order valence-corrected chi connectivity index (χ4v) is 5.72. The predicted octanol–water partition coefficient (Wildman–Crippen LogP) is 3.62. The Hall–Kier alpha value is -2.91.